The van der Waals surface area contributed by atoms with Crippen molar-refractivity contribution in [2.45, 2.75) is 13.8 Å². The van der Waals surface area contributed by atoms with Gasteiger partial charge in [0.05, 0.1) is 0 Å². The molecule has 1 heterocycles. The second-order valence-corrected chi connectivity index (χ2v) is 3.84. The van der Waals surface area contributed by atoms with E-state index in [1.165, 1.54) is 19.6 Å². The predicted molar refractivity (Wildman–Crippen MR) is 52.7 cm³/mol. The van der Waals surface area contributed by atoms with Gasteiger partial charge in [-0.2, -0.15) is 0 Å². The van der Waals surface area contributed by atoms with Crippen molar-refractivity contribution in [1.82, 2.24) is 0 Å². The molecule has 0 fully saturated rings. The molecule has 1 aromatic rings. The standard InChI is InChI=1S/C11H10NO2.W/c1-3-7(2)8-4-10-11(5-9(8)12)14-6-13-10;/h4-5H,6H2,1-2H3;/q-1;. The molecule has 0 bridgehead atoms. The first kappa shape index (κ1) is 10.6. The molecule has 15 heavy (non-hydrogen) atoms. The normalized spacial score (nSPS) is 14.1. The van der Waals surface area contributed by atoms with Gasteiger partial charge in [0, 0.05) is 0 Å². The molecule has 0 amide bonds. The molecule has 0 radical (unpaired) electrons. The third-order valence-electron chi connectivity index (χ3n) is 2.37. The Kier molecular flexibility index (Phi) is 3.01. The SMILES string of the molecule is C[C-]=C(C)c1cc2c(cc1[N]=[W])OCO2. The van der Waals surface area contributed by atoms with Gasteiger partial charge in [0.1, 0.15) is 0 Å². The number of hydrogen-bond acceptors (Lipinski definition) is 3. The van der Waals surface area contributed by atoms with Crippen LogP contribution in [0.5, 0.6) is 11.5 Å². The zero-order chi connectivity index (χ0) is 10.8. The summed E-state index contributed by atoms with van der Waals surface area (Å²) in [4.78, 5) is 0. The first-order valence-corrected chi connectivity index (χ1v) is 5.86. The van der Waals surface area contributed by atoms with Gasteiger partial charge >= 0.3 is 99.8 Å². The molecule has 0 aromatic heterocycles. The van der Waals surface area contributed by atoms with Crippen molar-refractivity contribution in [2.75, 3.05) is 6.79 Å². The van der Waals surface area contributed by atoms with Crippen LogP contribution in [0.15, 0.2) is 15.6 Å². The fourth-order valence-electron chi connectivity index (χ4n) is 1.44. The Labute approximate surface area is 99.8 Å². The summed E-state index contributed by atoms with van der Waals surface area (Å²) in [5.41, 5.74) is 3.09. The van der Waals surface area contributed by atoms with Crippen molar-refractivity contribution in [2.24, 2.45) is 3.50 Å². The molecule has 0 aliphatic carbocycles. The van der Waals surface area contributed by atoms with E-state index < -0.39 is 0 Å². The molecular weight excluding hydrogens is 362 g/mol. The Morgan fingerprint density at radius 1 is 1.40 bits per heavy atom. The number of rotatable bonds is 2. The minimum absolute atomic E-state index is 0.299. The van der Waals surface area contributed by atoms with Crippen LogP contribution in [-0.4, -0.2) is 6.79 Å². The average Bonchev–Trinajstić information content (AvgIpc) is 2.73. The van der Waals surface area contributed by atoms with E-state index in [1.807, 2.05) is 26.0 Å². The molecule has 0 saturated heterocycles. The molecule has 1 aliphatic rings. The van der Waals surface area contributed by atoms with Crippen LogP contribution in [0.2, 0.25) is 0 Å². The van der Waals surface area contributed by atoms with Gasteiger partial charge < -0.3 is 0 Å². The maximum absolute atomic E-state index is 5.34. The van der Waals surface area contributed by atoms with E-state index in [2.05, 4.69) is 9.57 Å². The molecule has 0 unspecified atom stereocenters. The van der Waals surface area contributed by atoms with Crippen molar-refractivity contribution in [3.63, 3.8) is 0 Å². The van der Waals surface area contributed by atoms with Crippen molar-refractivity contribution in [1.29, 1.82) is 0 Å². The molecule has 78 valence electrons. The number of hydrogen-bond donors (Lipinski definition) is 0. The van der Waals surface area contributed by atoms with Gasteiger partial charge in [0.15, 0.2) is 0 Å². The van der Waals surface area contributed by atoms with Crippen LogP contribution in [0, 0.1) is 6.08 Å². The zero-order valence-corrected chi connectivity index (χ0v) is 11.5. The first-order valence-electron chi connectivity index (χ1n) is 4.55. The molecule has 0 N–H and O–H groups in total. The summed E-state index contributed by atoms with van der Waals surface area (Å²) in [6.07, 6.45) is 3.12. The third kappa shape index (κ3) is 1.89. The molecule has 1 aromatic carbocycles. The van der Waals surface area contributed by atoms with E-state index in [0.29, 0.717) is 6.79 Å². The van der Waals surface area contributed by atoms with E-state index in [0.717, 1.165) is 28.3 Å². The Hall–Kier alpha value is -0.952. The fraction of sp³-hybridized carbons (Fsp3) is 0.273. The van der Waals surface area contributed by atoms with Gasteiger partial charge in [-0.1, -0.05) is 0 Å². The summed E-state index contributed by atoms with van der Waals surface area (Å²) in [6, 6.07) is 3.89. The van der Waals surface area contributed by atoms with Crippen LogP contribution >= 0.6 is 0 Å². The summed E-state index contributed by atoms with van der Waals surface area (Å²) >= 11 is 1.18. The van der Waals surface area contributed by atoms with Crippen LogP contribution < -0.4 is 9.47 Å². The maximum atomic E-state index is 5.34. The van der Waals surface area contributed by atoms with E-state index >= 15 is 0 Å². The number of allylic oxidation sites excluding steroid dienone is 2. The number of ether oxygens (including phenoxy) is 2. The summed E-state index contributed by atoms with van der Waals surface area (Å²) in [5.74, 6) is 1.57. The Morgan fingerprint density at radius 3 is 2.67 bits per heavy atom. The van der Waals surface area contributed by atoms with Crippen LogP contribution in [-0.2, 0) is 19.6 Å². The predicted octanol–water partition coefficient (Wildman–Crippen LogP) is 3.00. The second kappa shape index (κ2) is 4.28. The molecule has 3 nitrogen and oxygen atoms in total. The minimum atomic E-state index is 0.299. The molecule has 2 rings (SSSR count). The van der Waals surface area contributed by atoms with E-state index in [9.17, 15) is 0 Å². The molecule has 0 atom stereocenters. The number of benzene rings is 1. The van der Waals surface area contributed by atoms with Gasteiger partial charge in [0.2, 0.25) is 0 Å². The molecular formula is C11H10NO2W-. The summed E-state index contributed by atoms with van der Waals surface area (Å²) < 4.78 is 14.9. The summed E-state index contributed by atoms with van der Waals surface area (Å²) in [6.45, 7) is 4.21. The molecule has 4 heteroatoms. The van der Waals surface area contributed by atoms with Crippen molar-refractivity contribution >= 4 is 11.3 Å². The van der Waals surface area contributed by atoms with Crippen LogP contribution in [0.3, 0.4) is 0 Å². The summed E-state index contributed by atoms with van der Waals surface area (Å²) in [5, 5.41) is 0. The average molecular weight is 372 g/mol. The first-order chi connectivity index (χ1) is 7.26. The molecule has 0 saturated carbocycles. The van der Waals surface area contributed by atoms with E-state index in [1.54, 1.807) is 0 Å². The van der Waals surface area contributed by atoms with Gasteiger partial charge in [-0.25, -0.2) is 0 Å². The number of nitrogens with zero attached hydrogens (tertiary/aromatic N) is 1. The quantitative estimate of drug-likeness (QED) is 0.748. The van der Waals surface area contributed by atoms with E-state index in [-0.39, 0.29) is 0 Å². The van der Waals surface area contributed by atoms with E-state index in [4.69, 9.17) is 9.47 Å². The van der Waals surface area contributed by atoms with Gasteiger partial charge in [0.25, 0.3) is 0 Å². The van der Waals surface area contributed by atoms with Gasteiger partial charge in [-0.15, -0.1) is 0 Å². The van der Waals surface area contributed by atoms with Crippen molar-refractivity contribution in [3.8, 4) is 11.5 Å². The molecule has 1 aliphatic heterocycles. The fourth-order valence-corrected chi connectivity index (χ4v) is 1.98. The third-order valence-corrected chi connectivity index (χ3v) is 3.07. The van der Waals surface area contributed by atoms with Gasteiger partial charge in [-0.05, 0) is 0 Å². The Bertz CT molecular complexity index is 440. The zero-order valence-electron chi connectivity index (χ0n) is 8.53. The van der Waals surface area contributed by atoms with Crippen LogP contribution in [0.25, 0.3) is 5.57 Å². The number of fused-ring (bicyclic) bond motifs is 1. The summed E-state index contributed by atoms with van der Waals surface area (Å²) in [7, 11) is 0. The van der Waals surface area contributed by atoms with Crippen molar-refractivity contribution < 1.29 is 29.1 Å². The van der Waals surface area contributed by atoms with Crippen LogP contribution in [0.1, 0.15) is 19.4 Å². The Morgan fingerprint density at radius 2 is 2.07 bits per heavy atom. The topological polar surface area (TPSA) is 30.8 Å². The second-order valence-electron chi connectivity index (χ2n) is 3.19. The monoisotopic (exact) mass is 372 g/mol. The van der Waals surface area contributed by atoms with Gasteiger partial charge in [-0.3, -0.25) is 0 Å². The Balaban J connectivity index is 2.58. The van der Waals surface area contributed by atoms with Crippen LogP contribution in [0.4, 0.5) is 5.69 Å². The molecule has 0 spiro atoms. The van der Waals surface area contributed by atoms with Crippen molar-refractivity contribution in [3.05, 3.63) is 23.8 Å².